The minimum absolute atomic E-state index is 0.00569. The van der Waals surface area contributed by atoms with E-state index in [-0.39, 0.29) is 11.9 Å². The fourth-order valence-corrected chi connectivity index (χ4v) is 3.60. The van der Waals surface area contributed by atoms with Gasteiger partial charge in [-0.1, -0.05) is 48.5 Å². The number of carbonyl (C=O) groups excluding carboxylic acids is 1. The Morgan fingerprint density at radius 2 is 1.71 bits per heavy atom. The molecular formula is C21H20N2O. The monoisotopic (exact) mass is 316 g/mol. The zero-order chi connectivity index (χ0) is 16.7. The van der Waals surface area contributed by atoms with Crippen LogP contribution in [0.15, 0.2) is 71.9 Å². The van der Waals surface area contributed by atoms with Gasteiger partial charge in [-0.15, -0.1) is 0 Å². The van der Waals surface area contributed by atoms with Crippen molar-refractivity contribution >= 4 is 16.8 Å². The maximum Gasteiger partial charge on any atom is 0.250 e. The first-order chi connectivity index (χ1) is 11.7. The van der Waals surface area contributed by atoms with E-state index < -0.39 is 0 Å². The van der Waals surface area contributed by atoms with E-state index >= 15 is 0 Å². The average molecular weight is 316 g/mol. The molecule has 0 fully saturated rings. The molecule has 0 radical (unpaired) electrons. The molecular weight excluding hydrogens is 296 g/mol. The highest BCUT2D eigenvalue weighted by Crippen LogP contribution is 2.41. The smallest absolute Gasteiger partial charge is 0.250 e. The predicted molar refractivity (Wildman–Crippen MR) is 96.4 cm³/mol. The minimum Gasteiger partial charge on any atom is -0.361 e. The topological polar surface area (TPSA) is 36.1 Å². The number of carbonyl (C=O) groups is 1. The Kier molecular flexibility index (Phi) is 3.49. The third-order valence-corrected chi connectivity index (χ3v) is 5.01. The Balaban J connectivity index is 1.79. The van der Waals surface area contributed by atoms with Gasteiger partial charge in [0.15, 0.2) is 0 Å². The molecule has 24 heavy (non-hydrogen) atoms. The van der Waals surface area contributed by atoms with Gasteiger partial charge in [0.1, 0.15) is 0 Å². The summed E-state index contributed by atoms with van der Waals surface area (Å²) in [6.45, 7) is 4.63. The summed E-state index contributed by atoms with van der Waals surface area (Å²) in [4.78, 5) is 18.1. The van der Waals surface area contributed by atoms with E-state index in [0.717, 1.165) is 22.2 Å². The molecule has 3 nitrogen and oxygen atoms in total. The summed E-state index contributed by atoms with van der Waals surface area (Å²) in [6.07, 6.45) is 2.04. The number of aromatic amines is 1. The van der Waals surface area contributed by atoms with Crippen LogP contribution in [0.1, 0.15) is 31.0 Å². The second kappa shape index (κ2) is 5.68. The third-order valence-electron chi connectivity index (χ3n) is 5.01. The van der Waals surface area contributed by atoms with Crippen LogP contribution in [0.3, 0.4) is 0 Å². The van der Waals surface area contributed by atoms with Gasteiger partial charge in [0.05, 0.1) is 6.04 Å². The maximum absolute atomic E-state index is 12.8. The van der Waals surface area contributed by atoms with Gasteiger partial charge >= 0.3 is 0 Å². The highest BCUT2D eigenvalue weighted by atomic mass is 16.2. The van der Waals surface area contributed by atoms with Crippen molar-refractivity contribution in [1.29, 1.82) is 0 Å². The van der Waals surface area contributed by atoms with Crippen molar-refractivity contribution in [3.05, 3.63) is 83.1 Å². The normalized spacial score (nSPS) is 18.0. The van der Waals surface area contributed by atoms with Gasteiger partial charge in [0.2, 0.25) is 0 Å². The van der Waals surface area contributed by atoms with E-state index in [1.54, 1.807) is 0 Å². The standard InChI is InChI=1S/C21H20N2O/c1-14-15(2)21(24)23(13-16-8-4-3-5-9-16)20(14)18-12-22-19-11-7-6-10-17(18)19/h3-12,20,22H,13H2,1-2H3. The molecule has 1 aliphatic rings. The summed E-state index contributed by atoms with van der Waals surface area (Å²) in [7, 11) is 0. The molecule has 3 heteroatoms. The molecule has 0 aliphatic carbocycles. The lowest BCUT2D eigenvalue weighted by atomic mass is 9.98. The summed E-state index contributed by atoms with van der Waals surface area (Å²) in [5.74, 6) is 0.131. The number of aromatic nitrogens is 1. The molecule has 120 valence electrons. The molecule has 2 heterocycles. The van der Waals surface area contributed by atoms with Crippen molar-refractivity contribution in [2.24, 2.45) is 0 Å². The molecule has 1 atom stereocenters. The van der Waals surface area contributed by atoms with Crippen molar-refractivity contribution in [3.8, 4) is 0 Å². The number of benzene rings is 2. The maximum atomic E-state index is 12.8. The molecule has 0 bridgehead atoms. The van der Waals surface area contributed by atoms with Crippen LogP contribution in [0.2, 0.25) is 0 Å². The number of hydrogen-bond donors (Lipinski definition) is 1. The number of rotatable bonds is 3. The number of nitrogens with one attached hydrogen (secondary N) is 1. The first-order valence-electron chi connectivity index (χ1n) is 8.25. The van der Waals surface area contributed by atoms with Crippen LogP contribution in [0.4, 0.5) is 0 Å². The molecule has 3 aromatic rings. The first kappa shape index (κ1) is 14.8. The summed E-state index contributed by atoms with van der Waals surface area (Å²) in [5, 5.41) is 1.18. The van der Waals surface area contributed by atoms with Crippen LogP contribution in [0.25, 0.3) is 10.9 Å². The lowest BCUT2D eigenvalue weighted by Gasteiger charge is -2.26. The predicted octanol–water partition coefficient (Wildman–Crippen LogP) is 4.59. The van der Waals surface area contributed by atoms with Gasteiger partial charge in [-0.05, 0) is 31.1 Å². The van der Waals surface area contributed by atoms with Crippen molar-refractivity contribution in [1.82, 2.24) is 9.88 Å². The zero-order valence-corrected chi connectivity index (χ0v) is 13.9. The largest absolute Gasteiger partial charge is 0.361 e. The van der Waals surface area contributed by atoms with E-state index in [9.17, 15) is 4.79 Å². The Morgan fingerprint density at radius 1 is 1.00 bits per heavy atom. The van der Waals surface area contributed by atoms with Gasteiger partial charge in [0.25, 0.3) is 5.91 Å². The minimum atomic E-state index is -0.00569. The third kappa shape index (κ3) is 2.24. The van der Waals surface area contributed by atoms with Crippen molar-refractivity contribution in [3.63, 3.8) is 0 Å². The Hall–Kier alpha value is -2.81. The number of H-pyrrole nitrogens is 1. The SMILES string of the molecule is CC1=C(C)C(c2c[nH]c3ccccc23)N(Cc2ccccc2)C1=O. The molecule has 1 aliphatic heterocycles. The van der Waals surface area contributed by atoms with Crippen molar-refractivity contribution < 1.29 is 4.79 Å². The quantitative estimate of drug-likeness (QED) is 0.754. The van der Waals surface area contributed by atoms with Gasteiger partial charge in [-0.3, -0.25) is 4.79 Å². The second-order valence-corrected chi connectivity index (χ2v) is 6.42. The number of para-hydroxylation sites is 1. The average Bonchev–Trinajstić information content (AvgIpc) is 3.12. The van der Waals surface area contributed by atoms with E-state index in [0.29, 0.717) is 6.54 Å². The molecule has 1 amide bonds. The van der Waals surface area contributed by atoms with Gasteiger partial charge in [-0.2, -0.15) is 0 Å². The van der Waals surface area contributed by atoms with E-state index in [2.05, 4.69) is 36.2 Å². The molecule has 1 unspecified atom stereocenters. The highest BCUT2D eigenvalue weighted by Gasteiger charge is 2.36. The van der Waals surface area contributed by atoms with Crippen molar-refractivity contribution in [2.75, 3.05) is 0 Å². The number of amides is 1. The molecule has 1 N–H and O–H groups in total. The van der Waals surface area contributed by atoms with Gasteiger partial charge < -0.3 is 9.88 Å². The second-order valence-electron chi connectivity index (χ2n) is 6.42. The Morgan fingerprint density at radius 3 is 2.50 bits per heavy atom. The number of nitrogens with zero attached hydrogens (tertiary/aromatic N) is 1. The molecule has 1 aromatic heterocycles. The first-order valence-corrected chi connectivity index (χ1v) is 8.25. The summed E-state index contributed by atoms with van der Waals surface area (Å²) in [5.41, 5.74) is 5.43. The zero-order valence-electron chi connectivity index (χ0n) is 13.9. The summed E-state index contributed by atoms with van der Waals surface area (Å²) in [6, 6.07) is 18.4. The lowest BCUT2D eigenvalue weighted by molar-refractivity contribution is -0.127. The fourth-order valence-electron chi connectivity index (χ4n) is 3.60. The Labute approximate surface area is 141 Å². The van der Waals surface area contributed by atoms with Crippen LogP contribution in [0.5, 0.6) is 0 Å². The van der Waals surface area contributed by atoms with Crippen LogP contribution in [0, 0.1) is 0 Å². The molecule has 0 saturated heterocycles. The fraction of sp³-hybridized carbons (Fsp3) is 0.190. The molecule has 4 rings (SSSR count). The summed E-state index contributed by atoms with van der Waals surface area (Å²) < 4.78 is 0. The van der Waals surface area contributed by atoms with Crippen LogP contribution in [-0.4, -0.2) is 15.8 Å². The lowest BCUT2D eigenvalue weighted by Crippen LogP contribution is -2.29. The van der Waals surface area contributed by atoms with Gasteiger partial charge in [-0.25, -0.2) is 0 Å². The number of fused-ring (bicyclic) bond motifs is 1. The van der Waals surface area contributed by atoms with E-state index in [1.165, 1.54) is 10.9 Å². The molecule has 0 saturated carbocycles. The highest BCUT2D eigenvalue weighted by molar-refractivity contribution is 5.98. The number of hydrogen-bond acceptors (Lipinski definition) is 1. The Bertz CT molecular complexity index is 937. The van der Waals surface area contributed by atoms with Gasteiger partial charge in [0, 0.05) is 34.8 Å². The molecule has 2 aromatic carbocycles. The van der Waals surface area contributed by atoms with E-state index in [1.807, 2.05) is 48.4 Å². The van der Waals surface area contributed by atoms with Crippen molar-refractivity contribution in [2.45, 2.75) is 26.4 Å². The van der Waals surface area contributed by atoms with E-state index in [4.69, 9.17) is 0 Å². The van der Waals surface area contributed by atoms with Crippen LogP contribution >= 0.6 is 0 Å². The van der Waals surface area contributed by atoms with Crippen LogP contribution in [-0.2, 0) is 11.3 Å². The van der Waals surface area contributed by atoms with Crippen LogP contribution < -0.4 is 0 Å². The summed E-state index contributed by atoms with van der Waals surface area (Å²) >= 11 is 0. The molecule has 0 spiro atoms.